The number of furan rings is 1. The van der Waals surface area contributed by atoms with Gasteiger partial charge in [-0.15, -0.1) is 0 Å². The molecule has 0 spiro atoms. The first kappa shape index (κ1) is 27.4. The summed E-state index contributed by atoms with van der Waals surface area (Å²) in [6, 6.07) is 57.1. The second kappa shape index (κ2) is 11.5. The summed E-state index contributed by atoms with van der Waals surface area (Å²) < 4.78 is 15.5. The lowest BCUT2D eigenvalue weighted by Gasteiger charge is -2.12. The van der Waals surface area contributed by atoms with Gasteiger partial charge in [0.1, 0.15) is 17.0 Å². The SMILES string of the molecule is [2H]c1cc(-c2ccc3c4ccccc4c4ccccc4c3c2)cc2c1oc1cccc(Cc3nc(-c4ccccc4)cc(-c4ccccc4)n3)c12. The van der Waals surface area contributed by atoms with Crippen molar-refractivity contribution in [3.63, 3.8) is 0 Å². The van der Waals surface area contributed by atoms with Crippen molar-refractivity contribution in [2.45, 2.75) is 6.42 Å². The molecule has 0 saturated carbocycles. The fraction of sp³-hybridized carbons (Fsp3) is 0.0213. The molecule has 0 aliphatic rings. The molecule has 8 aromatic carbocycles. The minimum Gasteiger partial charge on any atom is -0.456 e. The number of hydrogen-bond donors (Lipinski definition) is 0. The number of nitrogens with zero attached hydrogens (tertiary/aromatic N) is 2. The van der Waals surface area contributed by atoms with Crippen LogP contribution in [0.3, 0.4) is 0 Å². The minimum atomic E-state index is 0.363. The predicted octanol–water partition coefficient (Wildman–Crippen LogP) is 12.4. The average molecular weight is 640 g/mol. The Morgan fingerprint density at radius 1 is 0.420 bits per heavy atom. The number of fused-ring (bicyclic) bond motifs is 9. The molecule has 234 valence electrons. The zero-order valence-electron chi connectivity index (χ0n) is 28.1. The van der Waals surface area contributed by atoms with Gasteiger partial charge in [-0.3, -0.25) is 0 Å². The molecule has 0 unspecified atom stereocenters. The van der Waals surface area contributed by atoms with Gasteiger partial charge in [0.25, 0.3) is 0 Å². The molecule has 0 atom stereocenters. The van der Waals surface area contributed by atoms with E-state index in [1.165, 1.54) is 32.3 Å². The van der Waals surface area contributed by atoms with Crippen molar-refractivity contribution in [1.29, 1.82) is 0 Å². The maximum absolute atomic E-state index is 9.11. The Balaban J connectivity index is 1.14. The van der Waals surface area contributed by atoms with Crippen molar-refractivity contribution in [3.8, 4) is 33.6 Å². The zero-order chi connectivity index (χ0) is 33.9. The highest BCUT2D eigenvalue weighted by atomic mass is 16.3. The van der Waals surface area contributed by atoms with Crippen molar-refractivity contribution >= 4 is 54.3 Å². The van der Waals surface area contributed by atoms with Crippen LogP contribution in [0.5, 0.6) is 0 Å². The van der Waals surface area contributed by atoms with Gasteiger partial charge in [0.2, 0.25) is 0 Å². The van der Waals surface area contributed by atoms with Crippen LogP contribution >= 0.6 is 0 Å². The molecule has 0 aliphatic carbocycles. The molecule has 0 aliphatic heterocycles. The number of benzene rings is 8. The van der Waals surface area contributed by atoms with Gasteiger partial charge in [-0.1, -0.05) is 140 Å². The molecule has 0 fully saturated rings. The molecular weight excluding hydrogens is 609 g/mol. The lowest BCUT2D eigenvalue weighted by molar-refractivity contribution is 0.668. The molecule has 0 radical (unpaired) electrons. The van der Waals surface area contributed by atoms with E-state index >= 15 is 0 Å². The fourth-order valence-electron chi connectivity index (χ4n) is 7.49. The van der Waals surface area contributed by atoms with Crippen LogP contribution in [-0.4, -0.2) is 9.97 Å². The van der Waals surface area contributed by atoms with Gasteiger partial charge in [-0.05, 0) is 79.3 Å². The van der Waals surface area contributed by atoms with E-state index in [4.69, 9.17) is 15.8 Å². The van der Waals surface area contributed by atoms with Crippen molar-refractivity contribution in [2.24, 2.45) is 0 Å². The van der Waals surface area contributed by atoms with Gasteiger partial charge in [0.05, 0.1) is 12.8 Å². The summed E-state index contributed by atoms with van der Waals surface area (Å²) in [5, 5.41) is 9.32. The van der Waals surface area contributed by atoms with E-state index in [2.05, 4.69) is 109 Å². The second-order valence-corrected chi connectivity index (χ2v) is 12.8. The molecule has 0 amide bonds. The van der Waals surface area contributed by atoms with E-state index in [0.717, 1.165) is 61.4 Å². The van der Waals surface area contributed by atoms with Gasteiger partial charge in [-0.2, -0.15) is 0 Å². The Kier molecular flexibility index (Phi) is 6.32. The summed E-state index contributed by atoms with van der Waals surface area (Å²) in [6.45, 7) is 0. The molecule has 0 saturated heterocycles. The standard InChI is InChI=1S/C47H30N2O/c1-3-12-30(13-4-1)42-29-43(31-14-5-2-6-15-31)49-46(48-42)28-34-16-11-21-45-47(34)41-27-33(23-25-44(41)50-45)32-22-24-39-37-19-8-7-17-35(37)36-18-9-10-20-38(36)40(39)26-32/h1-27,29H,28H2/i25D. The highest BCUT2D eigenvalue weighted by molar-refractivity contribution is 6.25. The highest BCUT2D eigenvalue weighted by Gasteiger charge is 2.16. The number of hydrogen-bond acceptors (Lipinski definition) is 3. The summed E-state index contributed by atoms with van der Waals surface area (Å²) in [4.78, 5) is 10.2. The molecule has 0 bridgehead atoms. The van der Waals surface area contributed by atoms with Crippen LogP contribution in [0.4, 0.5) is 0 Å². The Morgan fingerprint density at radius 3 is 1.60 bits per heavy atom. The third-order valence-electron chi connectivity index (χ3n) is 9.83. The van der Waals surface area contributed by atoms with Gasteiger partial charge >= 0.3 is 0 Å². The molecule has 3 heteroatoms. The van der Waals surface area contributed by atoms with Gasteiger partial charge in [0.15, 0.2) is 0 Å². The molecule has 0 N–H and O–H groups in total. The van der Waals surface area contributed by atoms with E-state index in [-0.39, 0.29) is 0 Å². The van der Waals surface area contributed by atoms with E-state index in [1.54, 1.807) is 0 Å². The first-order chi connectivity index (χ1) is 25.2. The zero-order valence-corrected chi connectivity index (χ0v) is 27.1. The molecule has 2 heterocycles. The lowest BCUT2D eigenvalue weighted by Crippen LogP contribution is -2.01. The van der Waals surface area contributed by atoms with Crippen molar-refractivity contribution in [2.75, 3.05) is 0 Å². The van der Waals surface area contributed by atoms with Gasteiger partial charge in [0, 0.05) is 28.3 Å². The minimum absolute atomic E-state index is 0.363. The van der Waals surface area contributed by atoms with Crippen LogP contribution in [-0.2, 0) is 6.42 Å². The third-order valence-corrected chi connectivity index (χ3v) is 9.83. The fourth-order valence-corrected chi connectivity index (χ4v) is 7.49. The van der Waals surface area contributed by atoms with Crippen LogP contribution in [0.25, 0.3) is 87.9 Å². The second-order valence-electron chi connectivity index (χ2n) is 12.8. The predicted molar refractivity (Wildman–Crippen MR) is 207 cm³/mol. The summed E-state index contributed by atoms with van der Waals surface area (Å²) in [5.41, 5.74) is 8.31. The maximum atomic E-state index is 9.11. The summed E-state index contributed by atoms with van der Waals surface area (Å²) >= 11 is 0. The van der Waals surface area contributed by atoms with Crippen molar-refractivity contribution < 1.29 is 5.79 Å². The Labute approximate surface area is 290 Å². The van der Waals surface area contributed by atoms with E-state index in [0.29, 0.717) is 18.0 Å². The summed E-state index contributed by atoms with van der Waals surface area (Å²) in [5.74, 6) is 0.730. The van der Waals surface area contributed by atoms with E-state index in [9.17, 15) is 0 Å². The van der Waals surface area contributed by atoms with E-state index < -0.39 is 0 Å². The molecular formula is C47H30N2O. The van der Waals surface area contributed by atoms with Crippen LogP contribution in [0.1, 0.15) is 12.8 Å². The maximum Gasteiger partial charge on any atom is 0.135 e. The molecule has 2 aromatic heterocycles. The molecule has 10 rings (SSSR count). The first-order valence-electron chi connectivity index (χ1n) is 17.4. The van der Waals surface area contributed by atoms with Gasteiger partial charge < -0.3 is 4.42 Å². The quantitative estimate of drug-likeness (QED) is 0.176. The normalized spacial score (nSPS) is 12.0. The number of rotatable bonds is 5. The Bertz CT molecular complexity index is 2860. The van der Waals surface area contributed by atoms with Crippen LogP contribution in [0.2, 0.25) is 0 Å². The Morgan fingerprint density at radius 2 is 0.960 bits per heavy atom. The van der Waals surface area contributed by atoms with E-state index in [1.807, 2.05) is 54.6 Å². The van der Waals surface area contributed by atoms with Crippen LogP contribution in [0, 0.1) is 0 Å². The third kappa shape index (κ3) is 4.75. The summed E-state index contributed by atoms with van der Waals surface area (Å²) in [6.07, 6.45) is 0.513. The van der Waals surface area contributed by atoms with Crippen molar-refractivity contribution in [1.82, 2.24) is 9.97 Å². The smallest absolute Gasteiger partial charge is 0.135 e. The van der Waals surface area contributed by atoms with Crippen LogP contribution < -0.4 is 0 Å². The lowest BCUT2D eigenvalue weighted by atomic mass is 9.92. The van der Waals surface area contributed by atoms with Crippen molar-refractivity contribution in [3.05, 3.63) is 181 Å². The monoisotopic (exact) mass is 639 g/mol. The topological polar surface area (TPSA) is 38.9 Å². The molecule has 10 aromatic rings. The molecule has 50 heavy (non-hydrogen) atoms. The Hall–Kier alpha value is -6.58. The van der Waals surface area contributed by atoms with Gasteiger partial charge in [-0.25, -0.2) is 9.97 Å². The number of aromatic nitrogens is 2. The largest absolute Gasteiger partial charge is 0.456 e. The van der Waals surface area contributed by atoms with Crippen LogP contribution in [0.15, 0.2) is 174 Å². The average Bonchev–Trinajstić information content (AvgIpc) is 3.59. The summed E-state index contributed by atoms with van der Waals surface area (Å²) in [7, 11) is 0. The molecule has 3 nitrogen and oxygen atoms in total. The highest BCUT2D eigenvalue weighted by Crippen LogP contribution is 2.39. The first-order valence-corrected chi connectivity index (χ1v) is 16.9.